The molecule has 1 amide bonds. The van der Waals surface area contributed by atoms with Crippen molar-refractivity contribution in [1.29, 1.82) is 0 Å². The first-order valence-corrected chi connectivity index (χ1v) is 10.1. The topological polar surface area (TPSA) is 84.5 Å². The van der Waals surface area contributed by atoms with Gasteiger partial charge in [-0.2, -0.15) is 0 Å². The van der Waals surface area contributed by atoms with Gasteiger partial charge in [-0.15, -0.1) is 0 Å². The quantitative estimate of drug-likeness (QED) is 0.513. The zero-order valence-corrected chi connectivity index (χ0v) is 16.6. The van der Waals surface area contributed by atoms with Crippen molar-refractivity contribution in [2.75, 3.05) is 18.4 Å². The average Bonchev–Trinajstić information content (AvgIpc) is 2.65. The number of amides is 1. The van der Waals surface area contributed by atoms with Crippen LogP contribution in [0.15, 0.2) is 59.5 Å². The predicted molar refractivity (Wildman–Crippen MR) is 107 cm³/mol. The van der Waals surface area contributed by atoms with Gasteiger partial charge in [0, 0.05) is 17.1 Å². The molecule has 8 heteroatoms. The molecule has 2 aromatic rings. The molecule has 0 bridgehead atoms. The van der Waals surface area contributed by atoms with Crippen LogP contribution in [0.2, 0.25) is 5.02 Å². The number of methoxy groups -OCH3 is 1. The van der Waals surface area contributed by atoms with E-state index in [0.29, 0.717) is 23.7 Å². The van der Waals surface area contributed by atoms with Crippen molar-refractivity contribution in [2.45, 2.75) is 18.2 Å². The molecule has 0 heterocycles. The summed E-state index contributed by atoms with van der Waals surface area (Å²) in [5.41, 5.74) is 0.475. The summed E-state index contributed by atoms with van der Waals surface area (Å²) in [6, 6.07) is 10.4. The molecule has 0 atom stereocenters. The van der Waals surface area contributed by atoms with Crippen LogP contribution in [0.4, 0.5) is 5.69 Å². The molecule has 0 aliphatic rings. The fourth-order valence-corrected chi connectivity index (χ4v) is 3.58. The first-order chi connectivity index (χ1) is 12.9. The monoisotopic (exact) mass is 408 g/mol. The molecular weight excluding hydrogens is 388 g/mol. The molecule has 6 nitrogen and oxygen atoms in total. The van der Waals surface area contributed by atoms with Crippen molar-refractivity contribution in [3.05, 3.63) is 65.2 Å². The van der Waals surface area contributed by atoms with E-state index in [1.54, 1.807) is 18.2 Å². The number of carbonyl (C=O) groups excluding carboxylic acids is 1. The van der Waals surface area contributed by atoms with Gasteiger partial charge >= 0.3 is 0 Å². The number of hydrogen-bond donors (Lipinski definition) is 2. The molecule has 0 aliphatic heterocycles. The number of halogens is 1. The van der Waals surface area contributed by atoms with Crippen LogP contribution >= 0.6 is 11.6 Å². The van der Waals surface area contributed by atoms with Gasteiger partial charge in [0.25, 0.3) is 15.9 Å². The molecule has 0 aromatic heterocycles. The van der Waals surface area contributed by atoms with E-state index in [1.807, 2.05) is 19.1 Å². The van der Waals surface area contributed by atoms with Crippen LogP contribution in [0.5, 0.6) is 5.75 Å². The van der Waals surface area contributed by atoms with Crippen LogP contribution in [-0.2, 0) is 10.0 Å². The molecule has 0 aliphatic carbocycles. The number of rotatable bonds is 8. The third kappa shape index (κ3) is 5.74. The van der Waals surface area contributed by atoms with Crippen molar-refractivity contribution in [3.63, 3.8) is 0 Å². The summed E-state index contributed by atoms with van der Waals surface area (Å²) in [5, 5.41) is 3.11. The number of ether oxygens (including phenoxy) is 1. The minimum atomic E-state index is -3.93. The Balaban J connectivity index is 2.22. The Labute approximate surface area is 164 Å². The van der Waals surface area contributed by atoms with E-state index >= 15 is 0 Å². The summed E-state index contributed by atoms with van der Waals surface area (Å²) < 4.78 is 33.0. The molecule has 0 saturated carbocycles. The van der Waals surface area contributed by atoms with Crippen molar-refractivity contribution < 1.29 is 17.9 Å². The zero-order chi connectivity index (χ0) is 19.9. The van der Waals surface area contributed by atoms with Gasteiger partial charge in [0.2, 0.25) is 0 Å². The molecule has 0 spiro atoms. The van der Waals surface area contributed by atoms with E-state index < -0.39 is 10.0 Å². The largest absolute Gasteiger partial charge is 0.495 e. The molecule has 0 unspecified atom stereocenters. The Kier molecular flexibility index (Phi) is 7.27. The summed E-state index contributed by atoms with van der Waals surface area (Å²) >= 11 is 5.94. The van der Waals surface area contributed by atoms with Gasteiger partial charge in [-0.3, -0.25) is 9.52 Å². The molecule has 2 aromatic carbocycles. The SMILES string of the molecule is C/C=C/CCNC(=O)c1cccc(S(=O)(=O)Nc2cc(Cl)ccc2OC)c1. The first kappa shape index (κ1) is 20.8. The van der Waals surface area contributed by atoms with Crippen molar-refractivity contribution in [3.8, 4) is 5.75 Å². The van der Waals surface area contributed by atoms with Crippen molar-refractivity contribution in [1.82, 2.24) is 5.32 Å². The third-order valence-corrected chi connectivity index (χ3v) is 5.24. The maximum absolute atomic E-state index is 12.7. The highest BCUT2D eigenvalue weighted by molar-refractivity contribution is 7.92. The second kappa shape index (κ2) is 9.43. The van der Waals surface area contributed by atoms with Gasteiger partial charge in [0.15, 0.2) is 0 Å². The lowest BCUT2D eigenvalue weighted by atomic mass is 10.2. The number of benzene rings is 2. The minimum Gasteiger partial charge on any atom is -0.495 e. The number of anilines is 1. The molecule has 0 fully saturated rings. The normalized spacial score (nSPS) is 11.4. The number of hydrogen-bond acceptors (Lipinski definition) is 4. The first-order valence-electron chi connectivity index (χ1n) is 8.23. The molecule has 0 radical (unpaired) electrons. The lowest BCUT2D eigenvalue weighted by Gasteiger charge is -2.13. The highest BCUT2D eigenvalue weighted by Crippen LogP contribution is 2.29. The van der Waals surface area contributed by atoms with Crippen LogP contribution in [0.25, 0.3) is 0 Å². The highest BCUT2D eigenvalue weighted by Gasteiger charge is 2.18. The summed E-state index contributed by atoms with van der Waals surface area (Å²) in [7, 11) is -2.50. The number of allylic oxidation sites excluding steroid dienone is 1. The summed E-state index contributed by atoms with van der Waals surface area (Å²) in [6.07, 6.45) is 4.54. The summed E-state index contributed by atoms with van der Waals surface area (Å²) in [6.45, 7) is 2.37. The van der Waals surface area contributed by atoms with E-state index in [2.05, 4.69) is 10.0 Å². The van der Waals surface area contributed by atoms with Crippen LogP contribution < -0.4 is 14.8 Å². The van der Waals surface area contributed by atoms with E-state index in [0.717, 1.165) is 0 Å². The van der Waals surface area contributed by atoms with E-state index in [9.17, 15) is 13.2 Å². The number of sulfonamides is 1. The minimum absolute atomic E-state index is 0.0365. The molecule has 27 heavy (non-hydrogen) atoms. The third-order valence-electron chi connectivity index (χ3n) is 3.64. The second-order valence-electron chi connectivity index (χ2n) is 5.59. The summed E-state index contributed by atoms with van der Waals surface area (Å²) in [4.78, 5) is 12.2. The molecule has 144 valence electrons. The molecule has 0 saturated heterocycles. The maximum atomic E-state index is 12.7. The van der Waals surface area contributed by atoms with Gasteiger partial charge in [-0.25, -0.2) is 8.42 Å². The standard InChI is InChI=1S/C19H21ClN2O4S/c1-3-4-5-11-21-19(23)14-7-6-8-16(12-14)27(24,25)22-17-13-15(20)9-10-18(17)26-2/h3-4,6-10,12-13,22H,5,11H2,1-2H3,(H,21,23)/b4-3+. The van der Waals surface area contributed by atoms with Gasteiger partial charge in [0.1, 0.15) is 5.75 Å². The smallest absolute Gasteiger partial charge is 0.262 e. The molecule has 2 rings (SSSR count). The van der Waals surface area contributed by atoms with Crippen LogP contribution in [0.1, 0.15) is 23.7 Å². The number of nitrogens with one attached hydrogen (secondary N) is 2. The average molecular weight is 409 g/mol. The van der Waals surface area contributed by atoms with E-state index in [4.69, 9.17) is 16.3 Å². The lowest BCUT2D eigenvalue weighted by Crippen LogP contribution is -2.24. The fourth-order valence-electron chi connectivity index (χ4n) is 2.31. The van der Waals surface area contributed by atoms with Gasteiger partial charge in [-0.1, -0.05) is 29.8 Å². The van der Waals surface area contributed by atoms with Crippen LogP contribution in [0.3, 0.4) is 0 Å². The Morgan fingerprint density at radius 3 is 2.70 bits per heavy atom. The van der Waals surface area contributed by atoms with Crippen LogP contribution in [-0.4, -0.2) is 28.0 Å². The summed E-state index contributed by atoms with van der Waals surface area (Å²) in [5.74, 6) is -0.00209. The number of carbonyl (C=O) groups is 1. The van der Waals surface area contributed by atoms with Crippen LogP contribution in [0, 0.1) is 0 Å². The van der Waals surface area contributed by atoms with Gasteiger partial charge in [0.05, 0.1) is 17.7 Å². The van der Waals surface area contributed by atoms with E-state index in [-0.39, 0.29) is 22.1 Å². The second-order valence-corrected chi connectivity index (χ2v) is 7.71. The van der Waals surface area contributed by atoms with Crippen molar-refractivity contribution in [2.24, 2.45) is 0 Å². The van der Waals surface area contributed by atoms with Gasteiger partial charge in [-0.05, 0) is 49.7 Å². The fraction of sp³-hybridized carbons (Fsp3) is 0.211. The Morgan fingerprint density at radius 1 is 1.22 bits per heavy atom. The van der Waals surface area contributed by atoms with Crippen molar-refractivity contribution >= 4 is 33.2 Å². The Hall–Kier alpha value is -2.51. The molecule has 2 N–H and O–H groups in total. The lowest BCUT2D eigenvalue weighted by molar-refractivity contribution is 0.0954. The highest BCUT2D eigenvalue weighted by atomic mass is 35.5. The Bertz CT molecular complexity index is 942. The maximum Gasteiger partial charge on any atom is 0.262 e. The predicted octanol–water partition coefficient (Wildman–Crippen LogP) is 3.85. The Morgan fingerprint density at radius 2 is 2.00 bits per heavy atom. The molecular formula is C19H21ClN2O4S. The van der Waals surface area contributed by atoms with Gasteiger partial charge < -0.3 is 10.1 Å². The van der Waals surface area contributed by atoms with E-state index in [1.165, 1.54) is 31.4 Å². The zero-order valence-electron chi connectivity index (χ0n) is 15.0.